The van der Waals surface area contributed by atoms with E-state index in [0.717, 1.165) is 11.1 Å². The van der Waals surface area contributed by atoms with Gasteiger partial charge in [-0.1, -0.05) is 52.9 Å². The van der Waals surface area contributed by atoms with E-state index >= 15 is 0 Å². The molecule has 1 aromatic rings. The second-order valence-corrected chi connectivity index (χ2v) is 6.40. The molecule has 2 atom stereocenters. The van der Waals surface area contributed by atoms with Crippen LogP contribution in [0.15, 0.2) is 59.4 Å². The molecule has 0 aromatic heterocycles. The first-order chi connectivity index (χ1) is 9.61. The number of esters is 1. The molecule has 0 radical (unpaired) electrons. The predicted octanol–water partition coefficient (Wildman–Crippen LogP) is 2.69. The van der Waals surface area contributed by atoms with E-state index in [1.807, 2.05) is 30.3 Å². The monoisotopic (exact) mass is 380 g/mol. The first-order valence-electron chi connectivity index (χ1n) is 6.36. The standard InChI is InChI=1S/C16H13IO3/c17-14-9-16(19)12(14)7-4-8-13(16)15(18)20-10-11-5-2-1-3-6-11/h1-6,8,14,19H,9-10H2/t14?,16-/m0/s1. The summed E-state index contributed by atoms with van der Waals surface area (Å²) in [7, 11) is 0. The van der Waals surface area contributed by atoms with E-state index in [9.17, 15) is 9.90 Å². The van der Waals surface area contributed by atoms with Crippen molar-refractivity contribution in [3.05, 3.63) is 64.9 Å². The predicted molar refractivity (Wildman–Crippen MR) is 83.3 cm³/mol. The summed E-state index contributed by atoms with van der Waals surface area (Å²) in [4.78, 5) is 12.2. The lowest BCUT2D eigenvalue weighted by molar-refractivity contribution is -0.143. The van der Waals surface area contributed by atoms with Crippen LogP contribution in [-0.4, -0.2) is 20.6 Å². The lowest BCUT2D eigenvalue weighted by atomic mass is 9.68. The van der Waals surface area contributed by atoms with Crippen LogP contribution in [0.25, 0.3) is 0 Å². The van der Waals surface area contributed by atoms with Gasteiger partial charge in [0.1, 0.15) is 12.2 Å². The van der Waals surface area contributed by atoms with Crippen molar-refractivity contribution in [1.82, 2.24) is 0 Å². The fourth-order valence-electron chi connectivity index (χ4n) is 2.45. The smallest absolute Gasteiger partial charge is 0.337 e. The van der Waals surface area contributed by atoms with Crippen LogP contribution < -0.4 is 0 Å². The average molecular weight is 380 g/mol. The number of allylic oxidation sites excluding steroid dienone is 1. The summed E-state index contributed by atoms with van der Waals surface area (Å²) in [6, 6.07) is 9.49. The Labute approximate surface area is 130 Å². The largest absolute Gasteiger partial charge is 0.457 e. The molecule has 1 N–H and O–H groups in total. The van der Waals surface area contributed by atoms with Crippen LogP contribution in [-0.2, 0) is 16.1 Å². The summed E-state index contributed by atoms with van der Waals surface area (Å²) in [5.74, 6) is -0.463. The van der Waals surface area contributed by atoms with E-state index in [1.165, 1.54) is 0 Å². The van der Waals surface area contributed by atoms with Crippen LogP contribution in [0, 0.1) is 0 Å². The second-order valence-electron chi connectivity index (χ2n) is 4.90. The maximum atomic E-state index is 12.2. The minimum atomic E-state index is -1.17. The highest BCUT2D eigenvalue weighted by atomic mass is 127. The Kier molecular flexibility index (Phi) is 3.54. The third-order valence-electron chi connectivity index (χ3n) is 3.60. The Morgan fingerprint density at radius 2 is 2.20 bits per heavy atom. The van der Waals surface area contributed by atoms with Gasteiger partial charge in [0.2, 0.25) is 0 Å². The van der Waals surface area contributed by atoms with Crippen molar-refractivity contribution >= 4 is 28.6 Å². The quantitative estimate of drug-likeness (QED) is 0.380. The van der Waals surface area contributed by atoms with E-state index in [0.29, 0.717) is 12.0 Å². The maximum absolute atomic E-state index is 12.2. The van der Waals surface area contributed by atoms with Crippen molar-refractivity contribution in [1.29, 1.82) is 0 Å². The molecule has 0 saturated heterocycles. The van der Waals surface area contributed by atoms with Gasteiger partial charge in [0.05, 0.1) is 5.57 Å². The molecule has 1 aromatic carbocycles. The number of carbonyl (C=O) groups is 1. The highest BCUT2D eigenvalue weighted by Crippen LogP contribution is 2.48. The van der Waals surface area contributed by atoms with Crippen LogP contribution in [0.5, 0.6) is 0 Å². The van der Waals surface area contributed by atoms with Crippen LogP contribution >= 0.6 is 22.6 Å². The Morgan fingerprint density at radius 3 is 2.90 bits per heavy atom. The average Bonchev–Trinajstić information content (AvgIpc) is 2.45. The Bertz CT molecular complexity index is 641. The topological polar surface area (TPSA) is 46.5 Å². The molecular formula is C16H13IO3. The number of benzene rings is 1. The molecule has 20 heavy (non-hydrogen) atoms. The highest BCUT2D eigenvalue weighted by Gasteiger charge is 2.53. The van der Waals surface area contributed by atoms with Crippen LogP contribution in [0.4, 0.5) is 0 Å². The van der Waals surface area contributed by atoms with Crippen molar-refractivity contribution in [2.45, 2.75) is 22.6 Å². The van der Waals surface area contributed by atoms with E-state index in [1.54, 1.807) is 12.2 Å². The zero-order valence-corrected chi connectivity index (χ0v) is 12.8. The van der Waals surface area contributed by atoms with E-state index < -0.39 is 11.6 Å². The van der Waals surface area contributed by atoms with Crippen LogP contribution in [0.1, 0.15) is 12.0 Å². The number of alkyl halides is 1. The Hall–Kier alpha value is -1.36. The number of hydrogen-bond acceptors (Lipinski definition) is 3. The SMILES string of the molecule is O=C(OCc1ccccc1)C1=CC=C=C2C(I)C[C@]21O. The molecule has 1 fully saturated rings. The summed E-state index contributed by atoms with van der Waals surface area (Å²) in [6.07, 6.45) is 3.81. The maximum Gasteiger partial charge on any atom is 0.337 e. The van der Waals surface area contributed by atoms with E-state index in [-0.39, 0.29) is 10.5 Å². The summed E-state index contributed by atoms with van der Waals surface area (Å²) < 4.78 is 5.53. The highest BCUT2D eigenvalue weighted by molar-refractivity contribution is 14.1. The number of carbonyl (C=O) groups excluding carboxylic acids is 1. The number of aliphatic hydroxyl groups is 1. The fraction of sp³-hybridized carbons (Fsp3) is 0.250. The molecule has 1 unspecified atom stereocenters. The van der Waals surface area contributed by atoms with Gasteiger partial charge in [0.15, 0.2) is 0 Å². The van der Waals surface area contributed by atoms with Crippen LogP contribution in [0.3, 0.4) is 0 Å². The molecule has 1 saturated carbocycles. The van der Waals surface area contributed by atoms with Gasteiger partial charge < -0.3 is 9.84 Å². The van der Waals surface area contributed by atoms with Crippen molar-refractivity contribution < 1.29 is 14.6 Å². The first kappa shape index (κ1) is 13.6. The van der Waals surface area contributed by atoms with Crippen molar-refractivity contribution in [3.8, 4) is 0 Å². The third-order valence-corrected chi connectivity index (χ3v) is 4.66. The summed E-state index contributed by atoms with van der Waals surface area (Å²) in [5, 5.41) is 10.5. The molecule has 3 rings (SSSR count). The first-order valence-corrected chi connectivity index (χ1v) is 7.61. The normalized spacial score (nSPS) is 27.0. The molecule has 0 heterocycles. The molecule has 4 heteroatoms. The van der Waals surface area contributed by atoms with Crippen molar-refractivity contribution in [2.24, 2.45) is 0 Å². The Balaban J connectivity index is 1.70. The van der Waals surface area contributed by atoms with Gasteiger partial charge in [-0.25, -0.2) is 4.79 Å². The zero-order chi connectivity index (χ0) is 14.2. The van der Waals surface area contributed by atoms with Gasteiger partial charge in [-0.15, -0.1) is 5.73 Å². The molecule has 3 nitrogen and oxygen atoms in total. The van der Waals surface area contributed by atoms with Gasteiger partial charge in [0, 0.05) is 15.9 Å². The molecule has 102 valence electrons. The molecule has 0 aliphatic heterocycles. The Morgan fingerprint density at radius 1 is 1.45 bits per heavy atom. The number of fused-ring (bicyclic) bond motifs is 1. The summed E-state index contributed by atoms with van der Waals surface area (Å²) >= 11 is 2.24. The molecule has 0 spiro atoms. The van der Waals surface area contributed by atoms with E-state index in [2.05, 4.69) is 28.3 Å². The molecule has 2 aliphatic rings. The van der Waals surface area contributed by atoms with Gasteiger partial charge in [-0.05, 0) is 17.7 Å². The number of ether oxygens (including phenoxy) is 1. The van der Waals surface area contributed by atoms with Gasteiger partial charge in [-0.3, -0.25) is 0 Å². The summed E-state index contributed by atoms with van der Waals surface area (Å²) in [5.41, 5.74) is 3.86. The third kappa shape index (κ3) is 2.24. The van der Waals surface area contributed by atoms with Crippen LogP contribution in [0.2, 0.25) is 0 Å². The van der Waals surface area contributed by atoms with Crippen molar-refractivity contribution in [2.75, 3.05) is 0 Å². The lowest BCUT2D eigenvalue weighted by Crippen LogP contribution is -2.51. The van der Waals surface area contributed by atoms with E-state index in [4.69, 9.17) is 4.74 Å². The van der Waals surface area contributed by atoms with Gasteiger partial charge >= 0.3 is 5.97 Å². The fourth-order valence-corrected chi connectivity index (χ4v) is 3.79. The lowest BCUT2D eigenvalue weighted by Gasteiger charge is -2.44. The van der Waals surface area contributed by atoms with Crippen molar-refractivity contribution in [3.63, 3.8) is 0 Å². The van der Waals surface area contributed by atoms with Gasteiger partial charge in [0.25, 0.3) is 0 Å². The molecule has 0 bridgehead atoms. The molecular weight excluding hydrogens is 367 g/mol. The number of rotatable bonds is 3. The minimum absolute atomic E-state index is 0.212. The minimum Gasteiger partial charge on any atom is -0.457 e. The summed E-state index contributed by atoms with van der Waals surface area (Å²) in [6.45, 7) is 0.212. The number of hydrogen-bond donors (Lipinski definition) is 1. The van der Waals surface area contributed by atoms with Gasteiger partial charge in [-0.2, -0.15) is 0 Å². The molecule has 0 amide bonds. The molecule has 2 aliphatic carbocycles. The zero-order valence-electron chi connectivity index (χ0n) is 10.7. The number of halogens is 1. The second kappa shape index (κ2) is 5.20.